The first kappa shape index (κ1) is 23.9. The van der Waals surface area contributed by atoms with Gasteiger partial charge in [0.05, 0.1) is 21.8 Å². The van der Waals surface area contributed by atoms with Gasteiger partial charge in [0.2, 0.25) is 10.0 Å². The maximum atomic E-state index is 13.5. The zero-order valence-electron chi connectivity index (χ0n) is 17.7. The van der Waals surface area contributed by atoms with Crippen molar-refractivity contribution in [3.63, 3.8) is 0 Å². The number of rotatable bonds is 8. The quantitative estimate of drug-likeness (QED) is 0.395. The van der Waals surface area contributed by atoms with E-state index in [-0.39, 0.29) is 10.5 Å². The van der Waals surface area contributed by atoms with Crippen LogP contribution in [0.15, 0.2) is 56.6 Å². The number of hydrogen-bond donors (Lipinski definition) is 0. The summed E-state index contributed by atoms with van der Waals surface area (Å²) in [6.45, 7) is 6.33. The van der Waals surface area contributed by atoms with Crippen LogP contribution in [0.2, 0.25) is 5.02 Å². The molecule has 2 aromatic carbocycles. The summed E-state index contributed by atoms with van der Waals surface area (Å²) in [6.07, 6.45) is 1.53. The Bertz CT molecular complexity index is 1240. The number of nitrogens with zero attached hydrogens (tertiary/aromatic N) is 3. The SMILES string of the molecule is CCCCN(C(C)c1nc2ccc(Cl)cc2c(=O)n1CC)S(=O)(=O)c1ccc(Br)cc1. The Morgan fingerprint density at radius 1 is 1.16 bits per heavy atom. The van der Waals surface area contributed by atoms with Gasteiger partial charge in [0.15, 0.2) is 0 Å². The molecule has 0 aliphatic carbocycles. The zero-order chi connectivity index (χ0) is 22.8. The summed E-state index contributed by atoms with van der Waals surface area (Å²) in [5, 5.41) is 0.874. The van der Waals surface area contributed by atoms with Gasteiger partial charge in [0.1, 0.15) is 5.82 Å². The number of aromatic nitrogens is 2. The smallest absolute Gasteiger partial charge is 0.261 e. The van der Waals surface area contributed by atoms with E-state index in [0.29, 0.717) is 41.3 Å². The molecule has 0 saturated carbocycles. The largest absolute Gasteiger partial charge is 0.295 e. The number of sulfonamides is 1. The minimum Gasteiger partial charge on any atom is -0.295 e. The molecule has 9 heteroatoms. The fraction of sp³-hybridized carbons (Fsp3) is 0.364. The highest BCUT2D eigenvalue weighted by molar-refractivity contribution is 9.10. The topological polar surface area (TPSA) is 72.3 Å². The van der Waals surface area contributed by atoms with Gasteiger partial charge in [-0.2, -0.15) is 4.31 Å². The van der Waals surface area contributed by atoms with Gasteiger partial charge in [0, 0.05) is 22.6 Å². The van der Waals surface area contributed by atoms with Crippen LogP contribution >= 0.6 is 27.5 Å². The van der Waals surface area contributed by atoms with Crippen LogP contribution in [0.3, 0.4) is 0 Å². The Labute approximate surface area is 196 Å². The first-order valence-corrected chi connectivity index (χ1v) is 12.8. The second kappa shape index (κ2) is 9.81. The van der Waals surface area contributed by atoms with Crippen LogP contribution in [0.5, 0.6) is 0 Å². The average molecular weight is 527 g/mol. The molecule has 0 spiro atoms. The van der Waals surface area contributed by atoms with Gasteiger partial charge in [-0.25, -0.2) is 13.4 Å². The first-order valence-electron chi connectivity index (χ1n) is 10.2. The van der Waals surface area contributed by atoms with Gasteiger partial charge in [-0.1, -0.05) is 40.9 Å². The summed E-state index contributed by atoms with van der Waals surface area (Å²) >= 11 is 9.41. The van der Waals surface area contributed by atoms with Crippen LogP contribution in [0.1, 0.15) is 45.5 Å². The molecule has 166 valence electrons. The molecule has 0 bridgehead atoms. The van der Waals surface area contributed by atoms with Crippen LogP contribution in [0.4, 0.5) is 0 Å². The zero-order valence-corrected chi connectivity index (χ0v) is 20.8. The van der Waals surface area contributed by atoms with E-state index in [1.165, 1.54) is 8.87 Å². The van der Waals surface area contributed by atoms with Crippen molar-refractivity contribution in [2.24, 2.45) is 0 Å². The lowest BCUT2D eigenvalue weighted by Crippen LogP contribution is -2.38. The molecular formula is C22H25BrClN3O3S. The molecule has 0 radical (unpaired) electrons. The van der Waals surface area contributed by atoms with Crippen molar-refractivity contribution in [3.8, 4) is 0 Å². The van der Waals surface area contributed by atoms with E-state index in [0.717, 1.165) is 10.9 Å². The summed E-state index contributed by atoms with van der Waals surface area (Å²) in [5.74, 6) is 0.416. The Hall–Kier alpha value is -1.74. The van der Waals surface area contributed by atoms with E-state index in [1.54, 1.807) is 49.4 Å². The Kier molecular flexibility index (Phi) is 7.57. The third-order valence-corrected chi connectivity index (χ3v) is 7.97. The van der Waals surface area contributed by atoms with E-state index in [2.05, 4.69) is 20.9 Å². The van der Waals surface area contributed by atoms with Crippen molar-refractivity contribution in [1.29, 1.82) is 0 Å². The molecule has 6 nitrogen and oxygen atoms in total. The highest BCUT2D eigenvalue weighted by atomic mass is 79.9. The minimum absolute atomic E-state index is 0.205. The lowest BCUT2D eigenvalue weighted by atomic mass is 10.2. The second-order valence-electron chi connectivity index (χ2n) is 7.28. The predicted octanol–water partition coefficient (Wildman–Crippen LogP) is 5.38. The molecule has 3 rings (SSSR count). The molecule has 31 heavy (non-hydrogen) atoms. The van der Waals surface area contributed by atoms with Crippen molar-refractivity contribution >= 4 is 48.5 Å². The van der Waals surface area contributed by atoms with Gasteiger partial charge in [0.25, 0.3) is 5.56 Å². The Morgan fingerprint density at radius 2 is 1.84 bits per heavy atom. The van der Waals surface area contributed by atoms with Crippen LogP contribution in [-0.4, -0.2) is 28.8 Å². The van der Waals surface area contributed by atoms with Gasteiger partial charge < -0.3 is 0 Å². The van der Waals surface area contributed by atoms with E-state index < -0.39 is 16.1 Å². The molecule has 1 heterocycles. The van der Waals surface area contributed by atoms with Crippen molar-refractivity contribution in [3.05, 3.63) is 68.1 Å². The number of halogens is 2. The Balaban J connectivity index is 2.17. The predicted molar refractivity (Wildman–Crippen MR) is 128 cm³/mol. The van der Waals surface area contributed by atoms with Crippen LogP contribution in [0.25, 0.3) is 10.9 Å². The van der Waals surface area contributed by atoms with Crippen molar-refractivity contribution in [2.45, 2.75) is 51.1 Å². The van der Waals surface area contributed by atoms with Crippen LogP contribution in [0, 0.1) is 0 Å². The molecule has 0 N–H and O–H groups in total. The molecule has 0 fully saturated rings. The normalized spacial score (nSPS) is 13.1. The third-order valence-electron chi connectivity index (χ3n) is 5.22. The van der Waals surface area contributed by atoms with E-state index in [4.69, 9.17) is 11.6 Å². The molecule has 0 aliphatic rings. The van der Waals surface area contributed by atoms with E-state index >= 15 is 0 Å². The lowest BCUT2D eigenvalue weighted by Gasteiger charge is -2.29. The first-order chi connectivity index (χ1) is 14.7. The van der Waals surface area contributed by atoms with E-state index in [1.807, 2.05) is 13.8 Å². The summed E-state index contributed by atoms with van der Waals surface area (Å²) < 4.78 is 30.8. The fourth-order valence-corrected chi connectivity index (χ4v) is 5.61. The van der Waals surface area contributed by atoms with Gasteiger partial charge >= 0.3 is 0 Å². The number of benzene rings is 2. The van der Waals surface area contributed by atoms with Gasteiger partial charge in [-0.15, -0.1) is 0 Å². The second-order valence-corrected chi connectivity index (χ2v) is 10.5. The number of unbranched alkanes of at least 4 members (excludes halogenated alkanes) is 1. The molecule has 1 aromatic heterocycles. The molecule has 0 aliphatic heterocycles. The van der Waals surface area contributed by atoms with Crippen LogP contribution < -0.4 is 5.56 Å². The van der Waals surface area contributed by atoms with Gasteiger partial charge in [-0.3, -0.25) is 9.36 Å². The molecular weight excluding hydrogens is 502 g/mol. The third kappa shape index (κ3) is 4.87. The molecule has 1 unspecified atom stereocenters. The summed E-state index contributed by atoms with van der Waals surface area (Å²) in [4.78, 5) is 18.0. The maximum Gasteiger partial charge on any atom is 0.261 e. The lowest BCUT2D eigenvalue weighted by molar-refractivity contribution is 0.316. The standard InChI is InChI=1S/C22H25BrClN3O3S/c1-4-6-13-27(31(29,30)18-10-7-16(23)8-11-18)15(3)21-25-20-12-9-17(24)14-19(20)22(28)26(21)5-2/h7-12,14-15H,4-6,13H2,1-3H3. The highest BCUT2D eigenvalue weighted by Gasteiger charge is 2.32. The fourth-order valence-electron chi connectivity index (χ4n) is 3.54. The van der Waals surface area contributed by atoms with Crippen molar-refractivity contribution < 1.29 is 8.42 Å². The minimum atomic E-state index is -3.80. The number of hydrogen-bond acceptors (Lipinski definition) is 4. The summed E-state index contributed by atoms with van der Waals surface area (Å²) in [7, 11) is -3.80. The summed E-state index contributed by atoms with van der Waals surface area (Å²) in [5.41, 5.74) is 0.269. The highest BCUT2D eigenvalue weighted by Crippen LogP contribution is 2.28. The van der Waals surface area contributed by atoms with Crippen LogP contribution in [-0.2, 0) is 16.6 Å². The molecule has 3 aromatic rings. The maximum absolute atomic E-state index is 13.5. The Morgan fingerprint density at radius 3 is 2.45 bits per heavy atom. The van der Waals surface area contributed by atoms with E-state index in [9.17, 15) is 13.2 Å². The van der Waals surface area contributed by atoms with Crippen molar-refractivity contribution in [1.82, 2.24) is 13.9 Å². The monoisotopic (exact) mass is 525 g/mol. The molecule has 1 atom stereocenters. The average Bonchev–Trinajstić information content (AvgIpc) is 2.74. The molecule has 0 amide bonds. The van der Waals surface area contributed by atoms with Crippen molar-refractivity contribution in [2.75, 3.05) is 6.54 Å². The number of fused-ring (bicyclic) bond motifs is 1. The summed E-state index contributed by atoms with van der Waals surface area (Å²) in [6, 6.07) is 10.9. The molecule has 0 saturated heterocycles. The van der Waals surface area contributed by atoms with Gasteiger partial charge in [-0.05, 0) is 62.7 Å².